The number of carbonyl (C=O) groups is 1. The summed E-state index contributed by atoms with van der Waals surface area (Å²) in [4.78, 5) is 14.1. The predicted molar refractivity (Wildman–Crippen MR) is 72.2 cm³/mol. The lowest BCUT2D eigenvalue weighted by atomic mass is 10.2. The third-order valence-corrected chi connectivity index (χ3v) is 3.15. The summed E-state index contributed by atoms with van der Waals surface area (Å²) in [5.41, 5.74) is 1.16. The Balaban J connectivity index is 1.98. The van der Waals surface area contributed by atoms with Gasteiger partial charge in [-0.2, -0.15) is 0 Å². The number of nitrogens with zero attached hydrogens (tertiary/aromatic N) is 3. The predicted octanol–water partition coefficient (Wildman–Crippen LogP) is 2.20. The summed E-state index contributed by atoms with van der Waals surface area (Å²) < 4.78 is 5.23. The maximum Gasteiger partial charge on any atom is 0.354 e. The topological polar surface area (TPSA) is 90.3 Å². The minimum absolute atomic E-state index is 0.0585. The average Bonchev–Trinajstić information content (AvgIpc) is 2.85. The molecule has 7 nitrogen and oxygen atoms in total. The molecule has 104 valence electrons. The van der Waals surface area contributed by atoms with Gasteiger partial charge in [0.1, 0.15) is 5.69 Å². The first-order chi connectivity index (χ1) is 9.75. The van der Waals surface area contributed by atoms with Gasteiger partial charge < -0.3 is 14.8 Å². The van der Waals surface area contributed by atoms with E-state index < -0.39 is 5.97 Å². The summed E-state index contributed by atoms with van der Waals surface area (Å²) in [5, 5.41) is 20.0. The molecule has 1 fully saturated rings. The van der Waals surface area contributed by atoms with Gasteiger partial charge in [0.2, 0.25) is 0 Å². The molecule has 2 heterocycles. The van der Waals surface area contributed by atoms with Crippen molar-refractivity contribution in [2.24, 2.45) is 10.3 Å². The Labute approximate surface area is 114 Å². The van der Waals surface area contributed by atoms with Crippen LogP contribution in [0.4, 0.5) is 5.69 Å². The van der Waals surface area contributed by atoms with Gasteiger partial charge >= 0.3 is 5.97 Å². The maximum absolute atomic E-state index is 11.3. The summed E-state index contributed by atoms with van der Waals surface area (Å²) in [6.07, 6.45) is 0. The third kappa shape index (κ3) is 2.35. The molecule has 3 rings (SSSR count). The molecule has 0 aliphatic carbocycles. The Morgan fingerprint density at radius 3 is 2.80 bits per heavy atom. The summed E-state index contributed by atoms with van der Waals surface area (Å²) >= 11 is 0. The zero-order chi connectivity index (χ0) is 13.9. The number of benzene rings is 1. The zero-order valence-electron chi connectivity index (χ0n) is 10.7. The van der Waals surface area contributed by atoms with Gasteiger partial charge in [0, 0.05) is 10.9 Å². The molecule has 1 aliphatic rings. The van der Waals surface area contributed by atoms with Gasteiger partial charge in [-0.05, 0) is 6.07 Å². The highest BCUT2D eigenvalue weighted by Gasteiger charge is 2.17. The Bertz CT molecular complexity index is 659. The lowest BCUT2D eigenvalue weighted by molar-refractivity contribution is 0.0353. The second kappa shape index (κ2) is 5.30. The smallest absolute Gasteiger partial charge is 0.354 e. The molecule has 1 saturated heterocycles. The summed E-state index contributed by atoms with van der Waals surface area (Å²) in [7, 11) is 0. The van der Waals surface area contributed by atoms with Crippen LogP contribution in [0.3, 0.4) is 0 Å². The van der Waals surface area contributed by atoms with Crippen LogP contribution in [0.15, 0.2) is 34.6 Å². The fourth-order valence-electron chi connectivity index (χ4n) is 2.14. The van der Waals surface area contributed by atoms with Crippen LogP contribution in [0.25, 0.3) is 10.9 Å². The van der Waals surface area contributed by atoms with Gasteiger partial charge in [-0.25, -0.2) is 4.79 Å². The molecule has 0 atom stereocenters. The molecule has 0 radical (unpaired) electrons. The second-order valence-corrected chi connectivity index (χ2v) is 4.45. The number of hydrogen-bond donors (Lipinski definition) is 2. The Morgan fingerprint density at radius 2 is 2.05 bits per heavy atom. The van der Waals surface area contributed by atoms with Crippen LogP contribution in [0.2, 0.25) is 0 Å². The lowest BCUT2D eigenvalue weighted by Gasteiger charge is -2.22. The van der Waals surface area contributed by atoms with E-state index in [1.54, 1.807) is 5.01 Å². The molecule has 20 heavy (non-hydrogen) atoms. The fraction of sp³-hybridized carbons (Fsp3) is 0.308. The first kappa shape index (κ1) is 12.6. The number of H-pyrrole nitrogens is 1. The number of rotatable bonds is 3. The standard InChI is InChI=1S/C13H14N4O3/c18-13(19)12-11(9-3-1-2-4-10(9)14-12)15-16-17-5-7-20-8-6-17/h1-4,14H,5-8H2,(H,18,19). The van der Waals surface area contributed by atoms with Gasteiger partial charge in [0.05, 0.1) is 26.3 Å². The Hall–Kier alpha value is -2.41. The SMILES string of the molecule is O=C(O)c1[nH]c2ccccc2c1N=NN1CCOCC1. The largest absolute Gasteiger partial charge is 0.477 e. The molecule has 0 bridgehead atoms. The van der Waals surface area contributed by atoms with E-state index in [-0.39, 0.29) is 5.69 Å². The van der Waals surface area contributed by atoms with E-state index in [2.05, 4.69) is 15.3 Å². The molecule has 1 aromatic heterocycles. The van der Waals surface area contributed by atoms with Gasteiger partial charge in [0.25, 0.3) is 0 Å². The molecule has 2 aromatic rings. The molecule has 0 saturated carbocycles. The highest BCUT2D eigenvalue weighted by Crippen LogP contribution is 2.30. The number of fused-ring (bicyclic) bond motifs is 1. The molecule has 1 aromatic carbocycles. The minimum atomic E-state index is -1.04. The van der Waals surface area contributed by atoms with E-state index in [0.29, 0.717) is 32.0 Å². The van der Waals surface area contributed by atoms with Crippen molar-refractivity contribution in [2.75, 3.05) is 26.3 Å². The number of hydrogen-bond acceptors (Lipinski definition) is 4. The molecule has 7 heteroatoms. The molecule has 0 amide bonds. The quantitative estimate of drug-likeness (QED) is 0.839. The number of aromatic amines is 1. The number of aromatic carboxylic acids is 1. The third-order valence-electron chi connectivity index (χ3n) is 3.15. The van der Waals surface area contributed by atoms with Crippen LogP contribution >= 0.6 is 0 Å². The highest BCUT2D eigenvalue weighted by atomic mass is 16.5. The fourth-order valence-corrected chi connectivity index (χ4v) is 2.14. The lowest BCUT2D eigenvalue weighted by Crippen LogP contribution is -2.31. The van der Waals surface area contributed by atoms with Gasteiger partial charge in [0.15, 0.2) is 5.69 Å². The number of nitrogens with one attached hydrogen (secondary N) is 1. The van der Waals surface area contributed by atoms with E-state index >= 15 is 0 Å². The first-order valence-corrected chi connectivity index (χ1v) is 6.34. The Kier molecular flexibility index (Phi) is 3.34. The number of morpholine rings is 1. The van der Waals surface area contributed by atoms with Crippen molar-refractivity contribution in [1.29, 1.82) is 0 Å². The van der Waals surface area contributed by atoms with E-state index in [4.69, 9.17) is 4.74 Å². The van der Waals surface area contributed by atoms with Crippen LogP contribution in [0, 0.1) is 0 Å². The first-order valence-electron chi connectivity index (χ1n) is 6.34. The van der Waals surface area contributed by atoms with Gasteiger partial charge in [-0.3, -0.25) is 5.01 Å². The van der Waals surface area contributed by atoms with E-state index in [0.717, 1.165) is 10.9 Å². The highest BCUT2D eigenvalue weighted by molar-refractivity contribution is 6.04. The molecule has 1 aliphatic heterocycles. The average molecular weight is 274 g/mol. The number of ether oxygens (including phenoxy) is 1. The second-order valence-electron chi connectivity index (χ2n) is 4.45. The number of aromatic nitrogens is 1. The van der Waals surface area contributed by atoms with Crippen molar-refractivity contribution in [3.63, 3.8) is 0 Å². The van der Waals surface area contributed by atoms with Crippen LogP contribution < -0.4 is 0 Å². The van der Waals surface area contributed by atoms with Crippen molar-refractivity contribution in [3.8, 4) is 0 Å². The van der Waals surface area contributed by atoms with Crippen LogP contribution in [-0.2, 0) is 4.74 Å². The van der Waals surface area contributed by atoms with E-state index in [9.17, 15) is 9.90 Å². The van der Waals surface area contributed by atoms with Gasteiger partial charge in [-0.1, -0.05) is 23.4 Å². The van der Waals surface area contributed by atoms with Crippen LogP contribution in [0.5, 0.6) is 0 Å². The summed E-state index contributed by atoms with van der Waals surface area (Å²) in [6.45, 7) is 2.54. The van der Waals surface area contributed by atoms with Crippen molar-refractivity contribution < 1.29 is 14.6 Å². The van der Waals surface area contributed by atoms with Gasteiger partial charge in [-0.15, -0.1) is 5.11 Å². The number of para-hydroxylation sites is 1. The van der Waals surface area contributed by atoms with E-state index in [1.807, 2.05) is 24.3 Å². The van der Waals surface area contributed by atoms with Crippen LogP contribution in [-0.4, -0.2) is 47.4 Å². The zero-order valence-corrected chi connectivity index (χ0v) is 10.7. The molecule has 0 unspecified atom stereocenters. The monoisotopic (exact) mass is 274 g/mol. The van der Waals surface area contributed by atoms with Crippen molar-refractivity contribution in [1.82, 2.24) is 9.99 Å². The van der Waals surface area contributed by atoms with Crippen molar-refractivity contribution >= 4 is 22.6 Å². The molecule has 2 N–H and O–H groups in total. The van der Waals surface area contributed by atoms with E-state index in [1.165, 1.54) is 0 Å². The number of carboxylic acid groups (broad SMARTS) is 1. The normalized spacial score (nSPS) is 16.1. The maximum atomic E-state index is 11.3. The van der Waals surface area contributed by atoms with Crippen LogP contribution in [0.1, 0.15) is 10.5 Å². The summed E-state index contributed by atoms with van der Waals surface area (Å²) in [5.74, 6) is -1.04. The van der Waals surface area contributed by atoms with Crippen molar-refractivity contribution in [3.05, 3.63) is 30.0 Å². The Morgan fingerprint density at radius 1 is 1.30 bits per heavy atom. The summed E-state index contributed by atoms with van der Waals surface area (Å²) in [6, 6.07) is 7.32. The number of carboxylic acids is 1. The molecular weight excluding hydrogens is 260 g/mol. The molecule has 0 spiro atoms. The van der Waals surface area contributed by atoms with Crippen molar-refractivity contribution in [2.45, 2.75) is 0 Å². The minimum Gasteiger partial charge on any atom is -0.477 e. The molecular formula is C13H14N4O3.